The van der Waals surface area contributed by atoms with Crippen molar-refractivity contribution in [1.29, 1.82) is 0 Å². The van der Waals surface area contributed by atoms with Crippen LogP contribution in [0.5, 0.6) is 0 Å². The molecule has 1 aliphatic rings. The van der Waals surface area contributed by atoms with Crippen LogP contribution in [0.1, 0.15) is 41.6 Å². The summed E-state index contributed by atoms with van der Waals surface area (Å²) >= 11 is 0. The SMILES string of the molecule is Cl.NC(=O)c1ccc(N)cc1.NCC1CCC(C(=O)N[C@@H](Cc2ccccc2)C(=O)O)CC1. The van der Waals surface area contributed by atoms with Gasteiger partial charge in [-0.15, -0.1) is 12.4 Å². The molecule has 2 amide bonds. The van der Waals surface area contributed by atoms with Gasteiger partial charge in [-0.2, -0.15) is 0 Å². The number of carboxylic acid groups (broad SMARTS) is 1. The van der Waals surface area contributed by atoms with E-state index in [2.05, 4.69) is 5.32 Å². The summed E-state index contributed by atoms with van der Waals surface area (Å²) in [4.78, 5) is 34.2. The van der Waals surface area contributed by atoms with Gasteiger partial charge in [0.15, 0.2) is 0 Å². The normalized spacial score (nSPS) is 18.0. The molecule has 3 rings (SSSR count). The Bertz CT molecular complexity index is 885. The van der Waals surface area contributed by atoms with E-state index in [-0.39, 0.29) is 24.2 Å². The fraction of sp³-hybridized carbons (Fsp3) is 0.375. The maximum Gasteiger partial charge on any atom is 0.326 e. The van der Waals surface area contributed by atoms with Crippen LogP contribution < -0.4 is 22.5 Å². The molecule has 0 heterocycles. The molecule has 0 spiro atoms. The van der Waals surface area contributed by atoms with Gasteiger partial charge in [0, 0.05) is 23.6 Å². The van der Waals surface area contributed by atoms with Gasteiger partial charge in [0.25, 0.3) is 0 Å². The lowest BCUT2D eigenvalue weighted by Crippen LogP contribution is -2.45. The van der Waals surface area contributed by atoms with Crippen LogP contribution in [-0.4, -0.2) is 35.5 Å². The largest absolute Gasteiger partial charge is 0.480 e. The molecule has 2 aromatic rings. The molecule has 33 heavy (non-hydrogen) atoms. The average Bonchev–Trinajstić information content (AvgIpc) is 2.80. The summed E-state index contributed by atoms with van der Waals surface area (Å²) in [6.45, 7) is 0.667. The van der Waals surface area contributed by atoms with Crippen LogP contribution in [0.15, 0.2) is 54.6 Å². The molecular weight excluding hydrogens is 444 g/mol. The lowest BCUT2D eigenvalue weighted by Gasteiger charge is -2.27. The topological polar surface area (TPSA) is 162 Å². The monoisotopic (exact) mass is 476 g/mol. The first-order valence-electron chi connectivity index (χ1n) is 10.7. The molecule has 0 aromatic heterocycles. The number of hydrogen-bond acceptors (Lipinski definition) is 5. The first-order chi connectivity index (χ1) is 15.3. The summed E-state index contributed by atoms with van der Waals surface area (Å²) in [6.07, 6.45) is 3.80. The molecule has 2 aromatic carbocycles. The van der Waals surface area contributed by atoms with Crippen molar-refractivity contribution >= 4 is 35.9 Å². The van der Waals surface area contributed by atoms with E-state index in [1.165, 1.54) is 0 Å². The third-order valence-corrected chi connectivity index (χ3v) is 5.64. The van der Waals surface area contributed by atoms with Gasteiger partial charge in [-0.1, -0.05) is 30.3 Å². The Hall–Kier alpha value is -3.10. The average molecular weight is 477 g/mol. The molecule has 0 saturated heterocycles. The zero-order valence-corrected chi connectivity index (χ0v) is 19.3. The highest BCUT2D eigenvalue weighted by Crippen LogP contribution is 2.28. The number of carboxylic acids is 1. The van der Waals surface area contributed by atoms with E-state index in [1.807, 2.05) is 30.3 Å². The summed E-state index contributed by atoms with van der Waals surface area (Å²) in [7, 11) is 0. The predicted molar refractivity (Wildman–Crippen MR) is 131 cm³/mol. The van der Waals surface area contributed by atoms with Crippen molar-refractivity contribution in [2.45, 2.75) is 38.1 Å². The molecule has 8 N–H and O–H groups in total. The number of carbonyl (C=O) groups excluding carboxylic acids is 2. The van der Waals surface area contributed by atoms with Crippen LogP contribution in [-0.2, 0) is 16.0 Å². The van der Waals surface area contributed by atoms with Gasteiger partial charge in [-0.25, -0.2) is 4.79 Å². The van der Waals surface area contributed by atoms with E-state index in [0.717, 1.165) is 31.2 Å². The Labute approximate surface area is 200 Å². The van der Waals surface area contributed by atoms with Crippen LogP contribution in [0.3, 0.4) is 0 Å². The smallest absolute Gasteiger partial charge is 0.326 e. The van der Waals surface area contributed by atoms with Crippen LogP contribution in [0.25, 0.3) is 0 Å². The zero-order valence-electron chi connectivity index (χ0n) is 18.5. The molecular formula is C24H33ClN4O4. The van der Waals surface area contributed by atoms with Crippen LogP contribution in [0, 0.1) is 11.8 Å². The lowest BCUT2D eigenvalue weighted by molar-refractivity contribution is -0.142. The zero-order chi connectivity index (χ0) is 23.5. The quantitative estimate of drug-likeness (QED) is 0.385. The maximum absolute atomic E-state index is 12.3. The fourth-order valence-corrected chi connectivity index (χ4v) is 3.65. The number of nitrogens with two attached hydrogens (primary N) is 3. The number of aliphatic carboxylic acids is 1. The van der Waals surface area contributed by atoms with Crippen molar-refractivity contribution in [1.82, 2.24) is 5.32 Å². The van der Waals surface area contributed by atoms with Crippen LogP contribution >= 0.6 is 12.4 Å². The molecule has 0 aliphatic heterocycles. The lowest BCUT2D eigenvalue weighted by atomic mass is 9.81. The van der Waals surface area contributed by atoms with E-state index < -0.39 is 17.9 Å². The molecule has 0 bridgehead atoms. The van der Waals surface area contributed by atoms with E-state index in [4.69, 9.17) is 17.2 Å². The second-order valence-corrected chi connectivity index (χ2v) is 8.03. The van der Waals surface area contributed by atoms with Gasteiger partial charge in [0.05, 0.1) is 0 Å². The van der Waals surface area contributed by atoms with E-state index >= 15 is 0 Å². The summed E-state index contributed by atoms with van der Waals surface area (Å²) in [5, 5.41) is 12.0. The van der Waals surface area contributed by atoms with E-state index in [1.54, 1.807) is 24.3 Å². The number of hydrogen-bond donors (Lipinski definition) is 5. The summed E-state index contributed by atoms with van der Waals surface area (Å²) < 4.78 is 0. The number of anilines is 1. The number of amides is 2. The van der Waals surface area contributed by atoms with E-state index in [9.17, 15) is 19.5 Å². The van der Waals surface area contributed by atoms with Crippen LogP contribution in [0.2, 0.25) is 0 Å². The maximum atomic E-state index is 12.3. The molecule has 0 unspecified atom stereocenters. The van der Waals surface area contributed by atoms with Gasteiger partial charge in [0.1, 0.15) is 6.04 Å². The molecule has 9 heteroatoms. The Morgan fingerprint density at radius 1 is 0.970 bits per heavy atom. The van der Waals surface area contributed by atoms with E-state index in [0.29, 0.717) is 30.1 Å². The number of nitrogen functional groups attached to an aromatic ring is 1. The highest BCUT2D eigenvalue weighted by molar-refractivity contribution is 5.93. The third-order valence-electron chi connectivity index (χ3n) is 5.64. The highest BCUT2D eigenvalue weighted by Gasteiger charge is 2.29. The number of nitrogens with one attached hydrogen (secondary N) is 1. The number of primary amides is 1. The third kappa shape index (κ3) is 9.51. The first kappa shape index (κ1) is 27.9. The Kier molecular flexibility index (Phi) is 12.0. The molecule has 8 nitrogen and oxygen atoms in total. The second-order valence-electron chi connectivity index (χ2n) is 8.03. The number of carbonyl (C=O) groups is 3. The minimum atomic E-state index is -0.993. The molecule has 1 aliphatic carbocycles. The Balaban J connectivity index is 0.000000417. The summed E-state index contributed by atoms with van der Waals surface area (Å²) in [5.74, 6) is -1.14. The minimum absolute atomic E-state index is 0. The predicted octanol–water partition coefficient (Wildman–Crippen LogP) is 2.35. The molecule has 1 atom stereocenters. The van der Waals surface area contributed by atoms with Gasteiger partial charge in [-0.05, 0) is 68.0 Å². The Morgan fingerprint density at radius 3 is 2.03 bits per heavy atom. The van der Waals surface area contributed by atoms with Crippen molar-refractivity contribution < 1.29 is 19.5 Å². The first-order valence-corrected chi connectivity index (χ1v) is 10.7. The van der Waals surface area contributed by atoms with Crippen molar-refractivity contribution in [2.75, 3.05) is 12.3 Å². The second kappa shape index (κ2) is 14.1. The van der Waals surface area contributed by atoms with Gasteiger partial charge in [-0.3, -0.25) is 9.59 Å². The highest BCUT2D eigenvalue weighted by atomic mass is 35.5. The molecule has 1 saturated carbocycles. The standard InChI is InChI=1S/C17H24N2O3.C7H8N2O.ClH/c18-11-13-6-8-14(9-7-13)16(20)19-15(17(21)22)10-12-4-2-1-3-5-12;8-6-3-1-5(2-4-6)7(9)10;/h1-5,13-15H,6-11,18H2,(H,19,20)(H,21,22);1-4H,8H2,(H2,9,10);1H/t13?,14?,15-;;/m0../s1. The number of halogens is 1. The van der Waals surface area contributed by atoms with Gasteiger partial charge < -0.3 is 27.6 Å². The van der Waals surface area contributed by atoms with Crippen molar-refractivity contribution in [3.8, 4) is 0 Å². The van der Waals surface area contributed by atoms with Crippen molar-refractivity contribution in [3.63, 3.8) is 0 Å². The van der Waals surface area contributed by atoms with Gasteiger partial charge >= 0.3 is 5.97 Å². The minimum Gasteiger partial charge on any atom is -0.480 e. The van der Waals surface area contributed by atoms with Crippen molar-refractivity contribution in [2.24, 2.45) is 23.3 Å². The Morgan fingerprint density at radius 2 is 1.55 bits per heavy atom. The summed E-state index contributed by atoms with van der Waals surface area (Å²) in [5.41, 5.74) is 18.0. The number of benzene rings is 2. The van der Waals surface area contributed by atoms with Crippen LogP contribution in [0.4, 0.5) is 5.69 Å². The molecule has 1 fully saturated rings. The molecule has 180 valence electrons. The van der Waals surface area contributed by atoms with Crippen molar-refractivity contribution in [3.05, 3.63) is 65.7 Å². The molecule has 0 radical (unpaired) electrons. The fourth-order valence-electron chi connectivity index (χ4n) is 3.65. The summed E-state index contributed by atoms with van der Waals surface area (Å²) in [6, 6.07) is 14.9. The van der Waals surface area contributed by atoms with Gasteiger partial charge in [0.2, 0.25) is 11.8 Å². The number of rotatable bonds is 7.